The van der Waals surface area contributed by atoms with E-state index in [-0.39, 0.29) is 10.6 Å². The fourth-order valence-electron chi connectivity index (χ4n) is 2.20. The van der Waals surface area contributed by atoms with E-state index in [2.05, 4.69) is 4.90 Å². The van der Waals surface area contributed by atoms with Crippen LogP contribution in [0, 0.1) is 10.1 Å². The van der Waals surface area contributed by atoms with Crippen LogP contribution in [0.3, 0.4) is 0 Å². The Bertz CT molecular complexity index is 457. The molecule has 0 amide bonds. The Morgan fingerprint density at radius 3 is 2.89 bits per heavy atom. The van der Waals surface area contributed by atoms with Gasteiger partial charge < -0.3 is 10.0 Å². The molecule has 0 spiro atoms. The van der Waals surface area contributed by atoms with E-state index in [4.69, 9.17) is 0 Å². The van der Waals surface area contributed by atoms with Crippen molar-refractivity contribution in [2.24, 2.45) is 0 Å². The number of hydrogen-bond donors (Lipinski definition) is 1. The van der Waals surface area contributed by atoms with E-state index >= 15 is 0 Å². The summed E-state index contributed by atoms with van der Waals surface area (Å²) in [6.07, 6.45) is 0.354. The zero-order valence-corrected chi connectivity index (χ0v) is 11.7. The van der Waals surface area contributed by atoms with E-state index < -0.39 is 6.10 Å². The fourth-order valence-corrected chi connectivity index (χ4v) is 3.09. The maximum absolute atomic E-state index is 11.2. The molecule has 1 fully saturated rings. The number of nitro benzene ring substituents is 1. The van der Waals surface area contributed by atoms with Gasteiger partial charge in [0.1, 0.15) is 5.69 Å². The molecule has 1 aliphatic rings. The molecule has 1 saturated heterocycles. The second-order valence-corrected chi connectivity index (χ2v) is 5.86. The molecule has 0 aliphatic carbocycles. The van der Waals surface area contributed by atoms with Crippen molar-refractivity contribution in [3.05, 3.63) is 33.9 Å². The number of anilines is 1. The van der Waals surface area contributed by atoms with E-state index in [1.807, 2.05) is 11.8 Å². The van der Waals surface area contributed by atoms with Gasteiger partial charge in [-0.05, 0) is 30.7 Å². The monoisotopic (exact) mass is 282 g/mol. The van der Waals surface area contributed by atoms with E-state index in [9.17, 15) is 15.2 Å². The van der Waals surface area contributed by atoms with Gasteiger partial charge in [-0.3, -0.25) is 10.1 Å². The number of hydrogen-bond acceptors (Lipinski definition) is 5. The Morgan fingerprint density at radius 1 is 1.42 bits per heavy atom. The van der Waals surface area contributed by atoms with E-state index in [0.717, 1.165) is 31.0 Å². The van der Waals surface area contributed by atoms with Crippen LogP contribution in [0.2, 0.25) is 0 Å². The minimum atomic E-state index is -0.688. The lowest BCUT2D eigenvalue weighted by molar-refractivity contribution is -0.384. The molecule has 1 aliphatic heterocycles. The van der Waals surface area contributed by atoms with Crippen LogP contribution in [0.5, 0.6) is 0 Å². The summed E-state index contributed by atoms with van der Waals surface area (Å²) in [5, 5.41) is 20.8. The van der Waals surface area contributed by atoms with Crippen molar-refractivity contribution in [3.8, 4) is 0 Å². The third-order valence-corrected chi connectivity index (χ3v) is 4.29. The minimum Gasteiger partial charge on any atom is -0.389 e. The zero-order valence-electron chi connectivity index (χ0n) is 10.9. The largest absolute Gasteiger partial charge is 0.389 e. The number of nitrogens with zero attached hydrogens (tertiary/aromatic N) is 2. The first-order valence-corrected chi connectivity index (χ1v) is 7.54. The lowest BCUT2D eigenvalue weighted by Gasteiger charge is -2.22. The Kier molecular flexibility index (Phi) is 4.66. The first kappa shape index (κ1) is 14.1. The molecular formula is C13H18N2O3S. The Hall–Kier alpha value is -1.27. The van der Waals surface area contributed by atoms with Crippen LogP contribution in [0.15, 0.2) is 18.2 Å². The Labute approximate surface area is 116 Å². The predicted octanol–water partition coefficient (Wildman–Crippen LogP) is 2.59. The average Bonchev–Trinajstić information content (AvgIpc) is 2.66. The summed E-state index contributed by atoms with van der Waals surface area (Å²) in [5.41, 5.74) is 1.34. The van der Waals surface area contributed by atoms with E-state index in [1.165, 1.54) is 6.07 Å². The molecule has 1 aromatic rings. The molecule has 1 N–H and O–H groups in total. The normalized spacial score (nSPS) is 17.9. The molecule has 0 saturated carbocycles. The summed E-state index contributed by atoms with van der Waals surface area (Å²) in [7, 11) is 0. The highest BCUT2D eigenvalue weighted by atomic mass is 32.2. The van der Waals surface area contributed by atoms with Crippen molar-refractivity contribution in [2.75, 3.05) is 29.5 Å². The van der Waals surface area contributed by atoms with Crippen molar-refractivity contribution >= 4 is 23.1 Å². The van der Waals surface area contributed by atoms with Gasteiger partial charge in [0.25, 0.3) is 5.69 Å². The van der Waals surface area contributed by atoms with Crippen molar-refractivity contribution < 1.29 is 10.0 Å². The van der Waals surface area contributed by atoms with Crippen LogP contribution in [0.4, 0.5) is 11.4 Å². The van der Waals surface area contributed by atoms with Crippen LogP contribution in [-0.2, 0) is 0 Å². The molecule has 6 heteroatoms. The van der Waals surface area contributed by atoms with Gasteiger partial charge in [-0.2, -0.15) is 11.8 Å². The van der Waals surface area contributed by atoms with Gasteiger partial charge in [0.15, 0.2) is 0 Å². The van der Waals surface area contributed by atoms with Gasteiger partial charge in [0, 0.05) is 24.9 Å². The highest BCUT2D eigenvalue weighted by Gasteiger charge is 2.21. The highest BCUT2D eigenvalue weighted by Crippen LogP contribution is 2.32. The predicted molar refractivity (Wildman–Crippen MR) is 77.9 cm³/mol. The third kappa shape index (κ3) is 3.39. The molecule has 0 radical (unpaired) electrons. The molecule has 19 heavy (non-hydrogen) atoms. The molecule has 1 heterocycles. The molecule has 1 aromatic carbocycles. The summed E-state index contributed by atoms with van der Waals surface area (Å²) in [5.74, 6) is 2.10. The van der Waals surface area contributed by atoms with Gasteiger partial charge >= 0.3 is 0 Å². The van der Waals surface area contributed by atoms with Crippen LogP contribution in [0.1, 0.15) is 25.0 Å². The van der Waals surface area contributed by atoms with E-state index in [1.54, 1.807) is 19.1 Å². The molecule has 2 rings (SSSR count). The standard InChI is InChI=1S/C13H18N2O3S/c1-10(16)11-3-4-12(13(9-11)15(17)18)14-5-2-7-19-8-6-14/h3-4,9-10,16H,2,5-8H2,1H3/t10-/m0/s1. The maximum atomic E-state index is 11.2. The molecule has 0 bridgehead atoms. The number of thioether (sulfide) groups is 1. The molecule has 5 nitrogen and oxygen atoms in total. The lowest BCUT2D eigenvalue weighted by atomic mass is 10.1. The van der Waals surface area contributed by atoms with Gasteiger partial charge in [0.2, 0.25) is 0 Å². The van der Waals surface area contributed by atoms with Crippen molar-refractivity contribution in [1.82, 2.24) is 0 Å². The first-order valence-electron chi connectivity index (χ1n) is 6.38. The number of aliphatic hydroxyl groups excluding tert-OH is 1. The maximum Gasteiger partial charge on any atom is 0.292 e. The lowest BCUT2D eigenvalue weighted by Crippen LogP contribution is -2.26. The van der Waals surface area contributed by atoms with Crippen LogP contribution >= 0.6 is 11.8 Å². The summed E-state index contributed by atoms with van der Waals surface area (Å²) in [6.45, 7) is 3.29. The molecular weight excluding hydrogens is 264 g/mol. The Balaban J connectivity index is 2.35. The number of nitro groups is 1. The number of rotatable bonds is 3. The SMILES string of the molecule is C[C@H](O)c1ccc(N2CCCSCC2)c([N+](=O)[O-])c1. The number of benzene rings is 1. The summed E-state index contributed by atoms with van der Waals surface area (Å²) >= 11 is 1.88. The third-order valence-electron chi connectivity index (χ3n) is 3.24. The second-order valence-electron chi connectivity index (χ2n) is 4.63. The molecule has 1 atom stereocenters. The van der Waals surface area contributed by atoms with Gasteiger partial charge in [-0.25, -0.2) is 0 Å². The molecule has 104 valence electrons. The second kappa shape index (κ2) is 6.25. The van der Waals surface area contributed by atoms with Gasteiger partial charge in [-0.15, -0.1) is 0 Å². The van der Waals surface area contributed by atoms with Crippen LogP contribution in [-0.4, -0.2) is 34.6 Å². The van der Waals surface area contributed by atoms with Crippen molar-refractivity contribution in [1.29, 1.82) is 0 Å². The Morgan fingerprint density at radius 2 is 2.21 bits per heavy atom. The fraction of sp³-hybridized carbons (Fsp3) is 0.538. The van der Waals surface area contributed by atoms with Crippen molar-refractivity contribution in [3.63, 3.8) is 0 Å². The minimum absolute atomic E-state index is 0.0882. The van der Waals surface area contributed by atoms with Gasteiger partial charge in [0.05, 0.1) is 11.0 Å². The first-order chi connectivity index (χ1) is 9.09. The topological polar surface area (TPSA) is 66.6 Å². The molecule has 0 unspecified atom stereocenters. The average molecular weight is 282 g/mol. The van der Waals surface area contributed by atoms with Crippen LogP contribution < -0.4 is 4.90 Å². The number of aliphatic hydroxyl groups is 1. The van der Waals surface area contributed by atoms with E-state index in [0.29, 0.717) is 11.3 Å². The van der Waals surface area contributed by atoms with Crippen molar-refractivity contribution in [2.45, 2.75) is 19.4 Å². The quantitative estimate of drug-likeness (QED) is 0.682. The smallest absolute Gasteiger partial charge is 0.292 e. The summed E-state index contributed by atoms with van der Waals surface area (Å²) < 4.78 is 0. The zero-order chi connectivity index (χ0) is 13.8. The molecule has 0 aromatic heterocycles. The van der Waals surface area contributed by atoms with Gasteiger partial charge in [-0.1, -0.05) is 6.07 Å². The highest BCUT2D eigenvalue weighted by molar-refractivity contribution is 7.99. The van der Waals surface area contributed by atoms with Crippen LogP contribution in [0.25, 0.3) is 0 Å². The summed E-state index contributed by atoms with van der Waals surface area (Å²) in [6, 6.07) is 5.01. The summed E-state index contributed by atoms with van der Waals surface area (Å²) in [4.78, 5) is 12.9.